The average molecular weight is 319 g/mol. The summed E-state index contributed by atoms with van der Waals surface area (Å²) >= 11 is 11.4. The van der Waals surface area contributed by atoms with E-state index < -0.39 is 17.8 Å². The first-order valence-electron chi connectivity index (χ1n) is 5.43. The molecule has 6 nitrogen and oxygen atoms in total. The molecule has 1 atom stereocenters. The molecule has 0 bridgehead atoms. The Morgan fingerprint density at radius 3 is 2.60 bits per heavy atom. The van der Waals surface area contributed by atoms with E-state index >= 15 is 0 Å². The van der Waals surface area contributed by atoms with E-state index in [1.807, 2.05) is 0 Å². The van der Waals surface area contributed by atoms with E-state index in [2.05, 4.69) is 10.3 Å². The third kappa shape index (κ3) is 3.06. The molecular weight excluding hydrogens is 310 g/mol. The number of benzene rings is 1. The molecule has 0 fully saturated rings. The van der Waals surface area contributed by atoms with Crippen molar-refractivity contribution in [1.82, 2.24) is 15.0 Å². The number of carbonyl (C=O) groups is 1. The average Bonchev–Trinajstić information content (AvgIpc) is 2.83. The topological polar surface area (TPSA) is 94.0 Å². The number of carboxylic acids is 1. The summed E-state index contributed by atoms with van der Waals surface area (Å²) in [7, 11) is 0. The number of hydrogen-bond donors (Lipinski definition) is 2. The third-order valence-electron chi connectivity index (χ3n) is 2.52. The Labute approximate surface area is 122 Å². The lowest BCUT2D eigenvalue weighted by molar-refractivity contribution is -0.138. The van der Waals surface area contributed by atoms with Crippen LogP contribution in [0.25, 0.3) is 5.69 Å². The molecule has 1 unspecified atom stereocenters. The van der Waals surface area contributed by atoms with Crippen molar-refractivity contribution in [2.45, 2.75) is 12.5 Å². The summed E-state index contributed by atoms with van der Waals surface area (Å²) in [5, 5.41) is 16.0. The predicted molar refractivity (Wildman–Crippen MR) is 70.7 cm³/mol. The van der Waals surface area contributed by atoms with Crippen molar-refractivity contribution in [3.05, 3.63) is 39.9 Å². The molecule has 1 heterocycles. The van der Waals surface area contributed by atoms with Crippen molar-refractivity contribution in [3.63, 3.8) is 0 Å². The number of carboxylic acid groups (broad SMARTS) is 1. The summed E-state index contributed by atoms with van der Waals surface area (Å²) in [6, 6.07) is 1.59. The first kappa shape index (κ1) is 14.7. The molecule has 0 spiro atoms. The van der Waals surface area contributed by atoms with Gasteiger partial charge in [0.2, 0.25) is 0 Å². The third-order valence-corrected chi connectivity index (χ3v) is 3.07. The van der Waals surface area contributed by atoms with Gasteiger partial charge in [-0.2, -0.15) is 0 Å². The van der Waals surface area contributed by atoms with E-state index in [1.54, 1.807) is 0 Å². The van der Waals surface area contributed by atoms with Crippen molar-refractivity contribution < 1.29 is 14.3 Å². The summed E-state index contributed by atoms with van der Waals surface area (Å²) in [4.78, 5) is 10.7. The van der Waals surface area contributed by atoms with Crippen LogP contribution in [-0.4, -0.2) is 32.1 Å². The fourth-order valence-electron chi connectivity index (χ4n) is 1.51. The number of rotatable bonds is 4. The van der Waals surface area contributed by atoms with Gasteiger partial charge in [-0.3, -0.25) is 4.79 Å². The lowest BCUT2D eigenvalue weighted by Gasteiger charge is -2.04. The van der Waals surface area contributed by atoms with E-state index in [0.717, 1.165) is 0 Å². The van der Waals surface area contributed by atoms with Crippen LogP contribution in [0.4, 0.5) is 4.39 Å². The molecule has 106 valence electrons. The van der Waals surface area contributed by atoms with Gasteiger partial charge in [0.05, 0.1) is 27.6 Å². The lowest BCUT2D eigenvalue weighted by atomic mass is 10.2. The Bertz CT molecular complexity index is 639. The molecular formula is C11H9Cl2FN4O2. The molecule has 0 radical (unpaired) electrons. The maximum absolute atomic E-state index is 13.3. The zero-order valence-electron chi connectivity index (χ0n) is 9.92. The number of halogens is 3. The molecule has 0 amide bonds. The van der Waals surface area contributed by atoms with Gasteiger partial charge >= 0.3 is 5.97 Å². The smallest absolute Gasteiger partial charge is 0.320 e. The van der Waals surface area contributed by atoms with Crippen LogP contribution in [0.15, 0.2) is 18.3 Å². The summed E-state index contributed by atoms with van der Waals surface area (Å²) in [5.41, 5.74) is 6.19. The fraction of sp³-hybridized carbons (Fsp3) is 0.182. The van der Waals surface area contributed by atoms with Crippen LogP contribution in [0.5, 0.6) is 0 Å². The van der Waals surface area contributed by atoms with Gasteiger partial charge in [0.1, 0.15) is 6.04 Å². The van der Waals surface area contributed by atoms with Crippen LogP contribution in [0.1, 0.15) is 5.69 Å². The highest BCUT2D eigenvalue weighted by atomic mass is 35.5. The van der Waals surface area contributed by atoms with Crippen molar-refractivity contribution in [2.75, 3.05) is 0 Å². The van der Waals surface area contributed by atoms with E-state index in [0.29, 0.717) is 11.4 Å². The molecule has 1 aromatic carbocycles. The molecule has 3 N–H and O–H groups in total. The molecule has 9 heteroatoms. The monoisotopic (exact) mass is 318 g/mol. The molecule has 20 heavy (non-hydrogen) atoms. The van der Waals surface area contributed by atoms with Gasteiger partial charge in [0, 0.05) is 6.42 Å². The minimum Gasteiger partial charge on any atom is -0.480 e. The maximum Gasteiger partial charge on any atom is 0.320 e. The second-order valence-corrected chi connectivity index (χ2v) is 4.84. The molecule has 0 aliphatic carbocycles. The van der Waals surface area contributed by atoms with Gasteiger partial charge in [-0.15, -0.1) is 5.10 Å². The Hall–Kier alpha value is -1.70. The largest absolute Gasteiger partial charge is 0.480 e. The van der Waals surface area contributed by atoms with Gasteiger partial charge in [-0.05, 0) is 12.1 Å². The Morgan fingerprint density at radius 2 is 2.05 bits per heavy atom. The fourth-order valence-corrected chi connectivity index (χ4v) is 1.98. The number of hydrogen-bond acceptors (Lipinski definition) is 4. The SMILES string of the molecule is NC(Cc1cn(-c2cc(Cl)c(F)c(Cl)c2)nn1)C(=O)O. The highest BCUT2D eigenvalue weighted by Crippen LogP contribution is 2.26. The summed E-state index contributed by atoms with van der Waals surface area (Å²) < 4.78 is 14.6. The molecule has 1 aromatic heterocycles. The molecule has 0 saturated heterocycles. The number of nitrogens with two attached hydrogens (primary N) is 1. The Balaban J connectivity index is 2.27. The van der Waals surface area contributed by atoms with Crippen LogP contribution >= 0.6 is 23.2 Å². The van der Waals surface area contributed by atoms with Gasteiger partial charge in [-0.1, -0.05) is 28.4 Å². The standard InChI is InChI=1S/C11H9Cl2FN4O2/c12-7-2-6(3-8(13)10(7)14)18-4-5(16-17-18)1-9(15)11(19)20/h2-4,9H,1,15H2,(H,19,20). The van der Waals surface area contributed by atoms with Crippen LogP contribution in [0, 0.1) is 5.82 Å². The van der Waals surface area contributed by atoms with Crippen molar-refractivity contribution >= 4 is 29.2 Å². The van der Waals surface area contributed by atoms with Gasteiger partial charge in [0.15, 0.2) is 5.82 Å². The van der Waals surface area contributed by atoms with Crippen LogP contribution in [0.2, 0.25) is 10.0 Å². The quantitative estimate of drug-likeness (QED) is 0.836. The minimum atomic E-state index is -1.13. The second-order valence-electron chi connectivity index (χ2n) is 4.03. The first-order valence-corrected chi connectivity index (χ1v) is 6.18. The van der Waals surface area contributed by atoms with Crippen LogP contribution in [0.3, 0.4) is 0 Å². The van der Waals surface area contributed by atoms with E-state index in [9.17, 15) is 9.18 Å². The van der Waals surface area contributed by atoms with Crippen molar-refractivity contribution in [1.29, 1.82) is 0 Å². The first-order chi connectivity index (χ1) is 9.38. The zero-order chi connectivity index (χ0) is 14.9. The van der Waals surface area contributed by atoms with Crippen molar-refractivity contribution in [3.8, 4) is 5.69 Å². The normalized spacial score (nSPS) is 12.4. The van der Waals surface area contributed by atoms with E-state index in [1.165, 1.54) is 23.0 Å². The molecule has 0 aliphatic rings. The van der Waals surface area contributed by atoms with Crippen molar-refractivity contribution in [2.24, 2.45) is 5.73 Å². The lowest BCUT2D eigenvalue weighted by Crippen LogP contribution is -2.32. The predicted octanol–water partition coefficient (Wildman–Crippen LogP) is 1.67. The molecule has 0 aliphatic heterocycles. The number of aliphatic carboxylic acids is 1. The summed E-state index contributed by atoms with van der Waals surface area (Å²) in [6.07, 6.45) is 1.50. The second kappa shape index (κ2) is 5.74. The highest BCUT2D eigenvalue weighted by Gasteiger charge is 2.15. The Morgan fingerprint density at radius 1 is 1.45 bits per heavy atom. The zero-order valence-corrected chi connectivity index (χ0v) is 11.4. The van der Waals surface area contributed by atoms with Gasteiger partial charge in [-0.25, -0.2) is 9.07 Å². The van der Waals surface area contributed by atoms with Gasteiger partial charge in [0.25, 0.3) is 0 Å². The number of nitrogens with zero attached hydrogens (tertiary/aromatic N) is 3. The number of aromatic nitrogens is 3. The summed E-state index contributed by atoms with van der Waals surface area (Å²) in [6.45, 7) is 0. The van der Waals surface area contributed by atoms with E-state index in [-0.39, 0.29) is 16.5 Å². The van der Waals surface area contributed by atoms with Crippen LogP contribution < -0.4 is 5.73 Å². The maximum atomic E-state index is 13.3. The minimum absolute atomic E-state index is 0.0258. The van der Waals surface area contributed by atoms with Crippen LogP contribution in [-0.2, 0) is 11.2 Å². The molecule has 0 saturated carbocycles. The molecule has 2 rings (SSSR count). The molecule has 2 aromatic rings. The van der Waals surface area contributed by atoms with Gasteiger partial charge < -0.3 is 10.8 Å². The Kier molecular flexibility index (Phi) is 4.22. The van der Waals surface area contributed by atoms with E-state index in [4.69, 9.17) is 34.0 Å². The highest BCUT2D eigenvalue weighted by molar-refractivity contribution is 6.35. The summed E-state index contributed by atoms with van der Waals surface area (Å²) in [5.74, 6) is -1.85.